The summed E-state index contributed by atoms with van der Waals surface area (Å²) in [5.74, 6) is 1.33. The molecule has 1 aliphatic carbocycles. The molecule has 2 N–H and O–H groups in total. The van der Waals surface area contributed by atoms with E-state index in [-0.39, 0.29) is 18.1 Å². The summed E-state index contributed by atoms with van der Waals surface area (Å²) in [7, 11) is 3.83. The zero-order valence-electron chi connectivity index (χ0n) is 28.2. The molecule has 2 aromatic carbocycles. The molecule has 0 radical (unpaired) electrons. The van der Waals surface area contributed by atoms with Crippen molar-refractivity contribution < 1.29 is 14.7 Å². The van der Waals surface area contributed by atoms with Crippen LogP contribution in [-0.2, 0) is 46.4 Å². The van der Waals surface area contributed by atoms with E-state index in [0.717, 1.165) is 90.0 Å². The summed E-state index contributed by atoms with van der Waals surface area (Å²) < 4.78 is 3.85. The highest BCUT2D eigenvalue weighted by atomic mass is 35.5. The van der Waals surface area contributed by atoms with Gasteiger partial charge in [-0.1, -0.05) is 41.9 Å². The number of amides is 1. The Kier molecular flexibility index (Phi) is 9.02. The van der Waals surface area contributed by atoms with Gasteiger partial charge in [0.15, 0.2) is 11.6 Å². The summed E-state index contributed by atoms with van der Waals surface area (Å²) in [5.41, 5.74) is 8.06. The lowest BCUT2D eigenvalue weighted by Crippen LogP contribution is -2.36. The predicted molar refractivity (Wildman–Crippen MR) is 186 cm³/mol. The zero-order valence-corrected chi connectivity index (χ0v) is 29.0. The molecule has 10 nitrogen and oxygen atoms in total. The molecular weight excluding hydrogens is 626 g/mol. The lowest BCUT2D eigenvalue weighted by molar-refractivity contribution is 0.0977. The fourth-order valence-electron chi connectivity index (χ4n) is 7.39. The summed E-state index contributed by atoms with van der Waals surface area (Å²) in [5, 5.41) is 13.4. The van der Waals surface area contributed by atoms with Crippen molar-refractivity contribution in [2.75, 3.05) is 31.5 Å². The Labute approximate surface area is 286 Å². The van der Waals surface area contributed by atoms with Gasteiger partial charge in [-0.25, -0.2) is 9.97 Å². The Morgan fingerprint density at radius 2 is 1.56 bits per heavy atom. The first-order chi connectivity index (χ1) is 23.1. The number of hydrogen-bond donors (Lipinski definition) is 2. The number of imidazole rings is 2. The van der Waals surface area contributed by atoms with Crippen LogP contribution in [0.15, 0.2) is 36.4 Å². The van der Waals surface area contributed by atoms with Crippen LogP contribution in [0.3, 0.4) is 0 Å². The number of rotatable bonds is 10. The first-order valence-electron chi connectivity index (χ1n) is 17.0. The van der Waals surface area contributed by atoms with Crippen LogP contribution in [0.4, 0.5) is 5.69 Å². The van der Waals surface area contributed by atoms with Crippen LogP contribution < -0.4 is 5.32 Å². The molecule has 0 unspecified atom stereocenters. The number of carbonyl (C=O) groups is 2. The molecule has 0 spiro atoms. The summed E-state index contributed by atoms with van der Waals surface area (Å²) in [6, 6.07) is 11.5. The van der Waals surface area contributed by atoms with Crippen molar-refractivity contribution in [3.05, 3.63) is 87.0 Å². The molecule has 1 fully saturated rings. The van der Waals surface area contributed by atoms with Crippen LogP contribution in [0.5, 0.6) is 0 Å². The van der Waals surface area contributed by atoms with Gasteiger partial charge in [-0.15, -0.1) is 0 Å². The number of Topliss-reactive ketones (excluding diaryl/α,β-unsaturated/α-hetero) is 1. The van der Waals surface area contributed by atoms with Crippen LogP contribution >= 0.6 is 11.6 Å². The molecule has 2 aliphatic heterocycles. The van der Waals surface area contributed by atoms with Gasteiger partial charge in [-0.3, -0.25) is 19.4 Å². The molecule has 3 aliphatic rings. The van der Waals surface area contributed by atoms with Crippen molar-refractivity contribution in [1.29, 1.82) is 0 Å². The van der Waals surface area contributed by atoms with Gasteiger partial charge in [-0.2, -0.15) is 0 Å². The quantitative estimate of drug-likeness (QED) is 0.230. The van der Waals surface area contributed by atoms with Crippen LogP contribution in [0, 0.1) is 12.8 Å². The number of nitrogens with zero attached hydrogens (tertiary/aromatic N) is 6. The zero-order chi connectivity index (χ0) is 33.7. The third-order valence-corrected chi connectivity index (χ3v) is 10.6. The first-order valence-corrected chi connectivity index (χ1v) is 17.4. The number of β-amino-alcohol motifs (C(OH)–C–C–N with tert-alkyl or cyclic N) is 1. The van der Waals surface area contributed by atoms with E-state index in [1.54, 1.807) is 6.92 Å². The molecule has 0 bridgehead atoms. The van der Waals surface area contributed by atoms with Gasteiger partial charge < -0.3 is 19.6 Å². The average molecular weight is 670 g/mol. The number of aromatic nitrogens is 4. The molecule has 48 heavy (non-hydrogen) atoms. The number of carbonyl (C=O) groups excluding carboxylic acids is 2. The minimum Gasteiger partial charge on any atom is -0.392 e. The molecule has 252 valence electrons. The largest absolute Gasteiger partial charge is 0.392 e. The van der Waals surface area contributed by atoms with Crippen molar-refractivity contribution in [3.63, 3.8) is 0 Å². The number of aliphatic hydroxyl groups is 1. The number of halogens is 1. The topological polar surface area (TPSA) is 109 Å². The maximum absolute atomic E-state index is 13.6. The van der Waals surface area contributed by atoms with Crippen LogP contribution in [-0.4, -0.2) is 78.0 Å². The second kappa shape index (κ2) is 13.2. The van der Waals surface area contributed by atoms with Gasteiger partial charge in [0.25, 0.3) is 5.91 Å². The number of benzene rings is 2. The third kappa shape index (κ3) is 6.46. The Bertz CT molecular complexity index is 1760. The standard InChI is InChI=1S/C37H44ClN7O3/c1-22(46)18-44-15-13-32-30(20-44)40-36(43(32)4)37(48)41-28-10-6-8-26(23(28)2)27-9-5-7-25(34(27)38)17-33(47)35-39-29-21-45(19-24-11-12-24)16-14-31(29)42(35)3/h5-10,22,24,46H,11-21H2,1-4H3,(H,41,48)/t22-/m0/s1. The predicted octanol–water partition coefficient (Wildman–Crippen LogP) is 4.97. The minimum absolute atomic E-state index is 0.0517. The summed E-state index contributed by atoms with van der Waals surface area (Å²) >= 11 is 7.03. The van der Waals surface area contributed by atoms with Gasteiger partial charge in [0.1, 0.15) is 0 Å². The number of aliphatic hydroxyl groups excluding tert-OH is 1. The highest BCUT2D eigenvalue weighted by Gasteiger charge is 2.30. The molecule has 4 aromatic rings. The van der Waals surface area contributed by atoms with Crippen molar-refractivity contribution in [2.45, 2.75) is 65.1 Å². The van der Waals surface area contributed by atoms with Crippen LogP contribution in [0.2, 0.25) is 5.02 Å². The number of hydrogen-bond acceptors (Lipinski definition) is 7. The Morgan fingerprint density at radius 1 is 0.938 bits per heavy atom. The molecular formula is C37H44ClN7O3. The number of ketones is 1. The Balaban J connectivity index is 1.08. The molecule has 0 saturated heterocycles. The average Bonchev–Trinajstić information content (AvgIpc) is 3.72. The van der Waals surface area contributed by atoms with E-state index >= 15 is 0 Å². The van der Waals surface area contributed by atoms with E-state index < -0.39 is 6.10 Å². The van der Waals surface area contributed by atoms with Gasteiger partial charge in [-0.05, 0) is 55.4 Å². The van der Waals surface area contributed by atoms with E-state index in [0.29, 0.717) is 35.4 Å². The molecule has 2 aromatic heterocycles. The Hall–Kier alpha value is -3.83. The maximum atomic E-state index is 13.6. The molecule has 1 atom stereocenters. The highest BCUT2D eigenvalue weighted by Crippen LogP contribution is 2.36. The van der Waals surface area contributed by atoms with E-state index in [2.05, 4.69) is 15.1 Å². The van der Waals surface area contributed by atoms with E-state index in [1.807, 2.05) is 66.6 Å². The molecule has 1 saturated carbocycles. The van der Waals surface area contributed by atoms with E-state index in [1.165, 1.54) is 12.8 Å². The van der Waals surface area contributed by atoms with Gasteiger partial charge >= 0.3 is 0 Å². The molecule has 4 heterocycles. The number of fused-ring (bicyclic) bond motifs is 2. The lowest BCUT2D eigenvalue weighted by atomic mass is 9.96. The molecule has 1 amide bonds. The fourth-order valence-corrected chi connectivity index (χ4v) is 7.68. The second-order valence-electron chi connectivity index (χ2n) is 13.8. The summed E-state index contributed by atoms with van der Waals surface area (Å²) in [4.78, 5) is 41.3. The SMILES string of the molecule is Cc1c(NC(=O)c2nc3c(n2C)CCN(C[C@H](C)O)C3)cccc1-c1cccc(CC(=O)c2nc3c(n2C)CCN(CC2CC2)C3)c1Cl. The molecule has 11 heteroatoms. The van der Waals surface area contributed by atoms with Gasteiger partial charge in [0.2, 0.25) is 5.78 Å². The minimum atomic E-state index is -0.420. The normalized spacial score (nSPS) is 17.2. The summed E-state index contributed by atoms with van der Waals surface area (Å²) in [6.45, 7) is 8.68. The van der Waals surface area contributed by atoms with E-state index in [9.17, 15) is 14.7 Å². The van der Waals surface area contributed by atoms with Crippen molar-refractivity contribution in [1.82, 2.24) is 28.9 Å². The van der Waals surface area contributed by atoms with Crippen molar-refractivity contribution in [2.24, 2.45) is 20.0 Å². The van der Waals surface area contributed by atoms with Crippen LogP contribution in [0.25, 0.3) is 11.1 Å². The summed E-state index contributed by atoms with van der Waals surface area (Å²) in [6.07, 6.45) is 4.06. The maximum Gasteiger partial charge on any atom is 0.291 e. The molecule has 7 rings (SSSR count). The monoisotopic (exact) mass is 669 g/mol. The number of nitrogens with one attached hydrogen (secondary N) is 1. The third-order valence-electron chi connectivity index (χ3n) is 10.2. The fraction of sp³-hybridized carbons (Fsp3) is 0.459. The smallest absolute Gasteiger partial charge is 0.291 e. The first kappa shape index (κ1) is 32.7. The van der Waals surface area contributed by atoms with Crippen LogP contribution in [0.1, 0.15) is 74.9 Å². The number of anilines is 1. The van der Waals surface area contributed by atoms with E-state index in [4.69, 9.17) is 21.6 Å². The highest BCUT2D eigenvalue weighted by molar-refractivity contribution is 6.34. The van der Waals surface area contributed by atoms with Gasteiger partial charge in [0.05, 0.1) is 22.5 Å². The second-order valence-corrected chi connectivity index (χ2v) is 14.2. The van der Waals surface area contributed by atoms with Crippen molar-refractivity contribution >= 4 is 29.0 Å². The van der Waals surface area contributed by atoms with Crippen molar-refractivity contribution in [3.8, 4) is 11.1 Å². The lowest BCUT2D eigenvalue weighted by Gasteiger charge is -2.27. The Morgan fingerprint density at radius 3 is 2.27 bits per heavy atom. The van der Waals surface area contributed by atoms with Gasteiger partial charge in [0, 0.05) is 95.3 Å².